The Morgan fingerprint density at radius 3 is 2.50 bits per heavy atom. The number of carbonyl (C=O) groups excluding carboxylic acids is 1. The van der Waals surface area contributed by atoms with Gasteiger partial charge in [-0.25, -0.2) is 0 Å². The summed E-state index contributed by atoms with van der Waals surface area (Å²) in [5.74, 6) is 0. The van der Waals surface area contributed by atoms with E-state index in [0.29, 0.717) is 6.42 Å². The molecule has 0 saturated heterocycles. The van der Waals surface area contributed by atoms with Gasteiger partial charge in [0.05, 0.1) is 0 Å². The SMILES string of the molecule is O=C(Cl)CCCCI. The van der Waals surface area contributed by atoms with Crippen LogP contribution in [0.25, 0.3) is 0 Å². The Labute approximate surface area is 67.9 Å². The van der Waals surface area contributed by atoms with Crippen LogP contribution in [0.1, 0.15) is 19.3 Å². The minimum atomic E-state index is -0.213. The van der Waals surface area contributed by atoms with Crippen molar-refractivity contribution in [2.75, 3.05) is 4.43 Å². The van der Waals surface area contributed by atoms with Crippen LogP contribution in [-0.2, 0) is 4.79 Å². The first-order valence-corrected chi connectivity index (χ1v) is 4.42. The number of alkyl halides is 1. The molecule has 1 nitrogen and oxygen atoms in total. The van der Waals surface area contributed by atoms with Crippen molar-refractivity contribution in [2.24, 2.45) is 0 Å². The van der Waals surface area contributed by atoms with Crippen LogP contribution in [0.3, 0.4) is 0 Å². The molecule has 0 rings (SSSR count). The van der Waals surface area contributed by atoms with Gasteiger partial charge in [0, 0.05) is 6.42 Å². The minimum absolute atomic E-state index is 0.213. The normalized spacial score (nSPS) is 9.25. The molecule has 0 N–H and O–H groups in total. The number of rotatable bonds is 4. The Kier molecular flexibility index (Phi) is 6.32. The van der Waals surface area contributed by atoms with E-state index in [-0.39, 0.29) is 5.24 Å². The molecule has 0 aromatic rings. The van der Waals surface area contributed by atoms with Crippen molar-refractivity contribution in [3.8, 4) is 0 Å². The molecule has 0 radical (unpaired) electrons. The highest BCUT2D eigenvalue weighted by Crippen LogP contribution is 2.00. The number of hydrogen-bond donors (Lipinski definition) is 0. The molecule has 0 heterocycles. The van der Waals surface area contributed by atoms with E-state index in [1.165, 1.54) is 0 Å². The van der Waals surface area contributed by atoms with Crippen molar-refractivity contribution < 1.29 is 4.79 Å². The second-order valence-corrected chi connectivity index (χ2v) is 3.00. The summed E-state index contributed by atoms with van der Waals surface area (Å²) in [4.78, 5) is 10.1. The monoisotopic (exact) mass is 246 g/mol. The lowest BCUT2D eigenvalue weighted by Gasteiger charge is -1.88. The Morgan fingerprint density at radius 2 is 2.12 bits per heavy atom. The van der Waals surface area contributed by atoms with Gasteiger partial charge in [0.2, 0.25) is 5.24 Å². The van der Waals surface area contributed by atoms with E-state index in [1.807, 2.05) is 0 Å². The van der Waals surface area contributed by atoms with Gasteiger partial charge in [-0.2, -0.15) is 0 Å². The summed E-state index contributed by atoms with van der Waals surface area (Å²) in [5.41, 5.74) is 0. The minimum Gasteiger partial charge on any atom is -0.281 e. The van der Waals surface area contributed by atoms with E-state index >= 15 is 0 Å². The highest BCUT2D eigenvalue weighted by Gasteiger charge is 1.92. The molecule has 0 saturated carbocycles. The molecule has 48 valence electrons. The van der Waals surface area contributed by atoms with Gasteiger partial charge in [0.25, 0.3) is 0 Å². The molecule has 0 unspecified atom stereocenters. The molecular weight excluding hydrogens is 238 g/mol. The molecule has 8 heavy (non-hydrogen) atoms. The Bertz CT molecular complexity index is 74.8. The van der Waals surface area contributed by atoms with E-state index in [9.17, 15) is 4.79 Å². The molecular formula is C5H8ClIO. The van der Waals surface area contributed by atoms with Crippen LogP contribution in [0.5, 0.6) is 0 Å². The van der Waals surface area contributed by atoms with Crippen molar-refractivity contribution in [3.05, 3.63) is 0 Å². The van der Waals surface area contributed by atoms with E-state index in [0.717, 1.165) is 17.3 Å². The van der Waals surface area contributed by atoms with Gasteiger partial charge >= 0.3 is 0 Å². The summed E-state index contributed by atoms with van der Waals surface area (Å²) in [6, 6.07) is 0. The second-order valence-electron chi connectivity index (χ2n) is 1.50. The first-order chi connectivity index (χ1) is 3.77. The van der Waals surface area contributed by atoms with Crippen LogP contribution in [0.15, 0.2) is 0 Å². The highest BCUT2D eigenvalue weighted by atomic mass is 127. The molecule has 0 spiro atoms. The van der Waals surface area contributed by atoms with Crippen LogP contribution in [-0.4, -0.2) is 9.67 Å². The standard InChI is InChI=1S/C5H8ClIO/c6-5(8)3-1-2-4-7/h1-4H2. The van der Waals surface area contributed by atoms with Gasteiger partial charge < -0.3 is 0 Å². The average Bonchev–Trinajstić information content (AvgIpc) is 1.66. The van der Waals surface area contributed by atoms with Crippen LogP contribution in [0.4, 0.5) is 0 Å². The van der Waals surface area contributed by atoms with Crippen molar-refractivity contribution in [2.45, 2.75) is 19.3 Å². The maximum atomic E-state index is 10.1. The molecule has 0 atom stereocenters. The quantitative estimate of drug-likeness (QED) is 0.322. The zero-order chi connectivity index (χ0) is 6.41. The lowest BCUT2D eigenvalue weighted by atomic mass is 10.3. The number of hydrogen-bond acceptors (Lipinski definition) is 1. The molecule has 0 aliphatic heterocycles. The van der Waals surface area contributed by atoms with E-state index in [4.69, 9.17) is 11.6 Å². The van der Waals surface area contributed by atoms with Crippen molar-refractivity contribution in [1.29, 1.82) is 0 Å². The third-order valence-corrected chi connectivity index (χ3v) is 1.71. The Balaban J connectivity index is 2.82. The summed E-state index contributed by atoms with van der Waals surface area (Å²) >= 11 is 7.35. The highest BCUT2D eigenvalue weighted by molar-refractivity contribution is 14.1. The van der Waals surface area contributed by atoms with E-state index in [2.05, 4.69) is 22.6 Å². The van der Waals surface area contributed by atoms with Crippen LogP contribution in [0.2, 0.25) is 0 Å². The van der Waals surface area contributed by atoms with Crippen LogP contribution >= 0.6 is 34.2 Å². The zero-order valence-electron chi connectivity index (χ0n) is 4.49. The summed E-state index contributed by atoms with van der Waals surface area (Å²) in [5, 5.41) is -0.213. The van der Waals surface area contributed by atoms with Crippen LogP contribution in [0, 0.1) is 0 Å². The van der Waals surface area contributed by atoms with Gasteiger partial charge in [0.15, 0.2) is 0 Å². The Hall–Kier alpha value is 0.690. The largest absolute Gasteiger partial charge is 0.281 e. The maximum Gasteiger partial charge on any atom is 0.221 e. The van der Waals surface area contributed by atoms with Gasteiger partial charge in [-0.1, -0.05) is 22.6 Å². The smallest absolute Gasteiger partial charge is 0.221 e. The third-order valence-electron chi connectivity index (χ3n) is 0.757. The summed E-state index contributed by atoms with van der Waals surface area (Å²) < 4.78 is 1.11. The topological polar surface area (TPSA) is 17.1 Å². The number of unbranched alkanes of at least 4 members (excludes halogenated alkanes) is 1. The van der Waals surface area contributed by atoms with Crippen molar-refractivity contribution in [1.82, 2.24) is 0 Å². The first-order valence-electron chi connectivity index (χ1n) is 2.51. The zero-order valence-corrected chi connectivity index (χ0v) is 7.41. The van der Waals surface area contributed by atoms with Gasteiger partial charge in [-0.3, -0.25) is 4.79 Å². The molecule has 0 fully saturated rings. The fraction of sp³-hybridized carbons (Fsp3) is 0.800. The molecule has 0 aromatic carbocycles. The van der Waals surface area contributed by atoms with E-state index in [1.54, 1.807) is 0 Å². The molecule has 0 amide bonds. The third kappa shape index (κ3) is 6.69. The molecule has 3 heteroatoms. The molecule has 0 bridgehead atoms. The average molecular weight is 246 g/mol. The van der Waals surface area contributed by atoms with Gasteiger partial charge in [-0.15, -0.1) is 0 Å². The van der Waals surface area contributed by atoms with E-state index < -0.39 is 0 Å². The van der Waals surface area contributed by atoms with Crippen molar-refractivity contribution in [3.63, 3.8) is 0 Å². The molecule has 0 aliphatic rings. The Morgan fingerprint density at radius 1 is 1.50 bits per heavy atom. The lowest BCUT2D eigenvalue weighted by Crippen LogP contribution is -1.85. The second kappa shape index (κ2) is 5.82. The van der Waals surface area contributed by atoms with Crippen molar-refractivity contribution >= 4 is 39.4 Å². The lowest BCUT2D eigenvalue weighted by molar-refractivity contribution is -0.111. The first kappa shape index (κ1) is 8.69. The van der Waals surface area contributed by atoms with Gasteiger partial charge in [-0.05, 0) is 28.9 Å². The number of halogens is 2. The fourth-order valence-electron chi connectivity index (χ4n) is 0.358. The summed E-state index contributed by atoms with van der Waals surface area (Å²) in [7, 11) is 0. The summed E-state index contributed by atoms with van der Waals surface area (Å²) in [6.45, 7) is 0. The maximum absolute atomic E-state index is 10.1. The predicted octanol–water partition coefficient (Wildman–Crippen LogP) is 2.36. The predicted molar refractivity (Wildman–Crippen MR) is 43.6 cm³/mol. The molecule has 0 aromatic heterocycles. The van der Waals surface area contributed by atoms with Crippen LogP contribution < -0.4 is 0 Å². The van der Waals surface area contributed by atoms with Gasteiger partial charge in [0.1, 0.15) is 0 Å². The molecule has 0 aliphatic carbocycles. The summed E-state index contributed by atoms with van der Waals surface area (Å²) in [6.07, 6.45) is 2.56. The number of carbonyl (C=O) groups is 1. The fourth-order valence-corrected chi connectivity index (χ4v) is 1.03.